The van der Waals surface area contributed by atoms with E-state index in [0.717, 1.165) is 5.01 Å². The molecule has 98 valence electrons. The summed E-state index contributed by atoms with van der Waals surface area (Å²) in [4.78, 5) is 10.7. The molecule has 0 saturated carbocycles. The largest absolute Gasteiger partial charge is 0.332 e. The molecule has 8 heteroatoms. The lowest BCUT2D eigenvalue weighted by atomic mass is 10.3. The Balaban J connectivity index is 2.22. The number of nitrogens with one attached hydrogen (secondary N) is 2. The van der Waals surface area contributed by atoms with Crippen LogP contribution >= 0.6 is 11.3 Å². The first-order valence-electron chi connectivity index (χ1n) is 5.46. The Bertz CT molecular complexity index is 604. The molecule has 1 atom stereocenters. The SMILES string of the molecule is CCC(NS(=O)(=O)c1cnc(C)[nH]1)c1nccs1. The number of aromatic amines is 1. The number of imidazole rings is 1. The topological polar surface area (TPSA) is 87.7 Å². The molecule has 18 heavy (non-hydrogen) atoms. The lowest BCUT2D eigenvalue weighted by molar-refractivity contribution is 0.546. The minimum Gasteiger partial charge on any atom is -0.332 e. The summed E-state index contributed by atoms with van der Waals surface area (Å²) in [5, 5.41) is 2.67. The van der Waals surface area contributed by atoms with Crippen molar-refractivity contribution < 1.29 is 8.42 Å². The number of aryl methyl sites for hydroxylation is 1. The van der Waals surface area contributed by atoms with Crippen molar-refractivity contribution in [1.82, 2.24) is 19.7 Å². The fourth-order valence-corrected chi connectivity index (χ4v) is 3.60. The van der Waals surface area contributed by atoms with Crippen LogP contribution in [0.1, 0.15) is 30.2 Å². The van der Waals surface area contributed by atoms with E-state index in [0.29, 0.717) is 12.2 Å². The molecule has 2 heterocycles. The maximum absolute atomic E-state index is 12.1. The molecule has 0 aliphatic heterocycles. The van der Waals surface area contributed by atoms with Gasteiger partial charge in [-0.1, -0.05) is 6.92 Å². The molecule has 6 nitrogen and oxygen atoms in total. The molecule has 2 aromatic heterocycles. The molecule has 0 spiro atoms. The third-order valence-electron chi connectivity index (χ3n) is 2.42. The highest BCUT2D eigenvalue weighted by Gasteiger charge is 2.23. The van der Waals surface area contributed by atoms with E-state index in [1.54, 1.807) is 13.1 Å². The number of sulfonamides is 1. The van der Waals surface area contributed by atoms with E-state index in [9.17, 15) is 8.42 Å². The summed E-state index contributed by atoms with van der Waals surface area (Å²) in [5.41, 5.74) is 0. The van der Waals surface area contributed by atoms with Gasteiger partial charge in [0.05, 0.1) is 12.2 Å². The van der Waals surface area contributed by atoms with Crippen LogP contribution in [0.2, 0.25) is 0 Å². The van der Waals surface area contributed by atoms with Gasteiger partial charge >= 0.3 is 0 Å². The summed E-state index contributed by atoms with van der Waals surface area (Å²) in [7, 11) is -3.58. The normalized spacial score (nSPS) is 13.7. The van der Waals surface area contributed by atoms with Crippen LogP contribution in [0.15, 0.2) is 22.8 Å². The van der Waals surface area contributed by atoms with Gasteiger partial charge in [-0.25, -0.2) is 18.4 Å². The van der Waals surface area contributed by atoms with Crippen LogP contribution in [-0.2, 0) is 10.0 Å². The minimum atomic E-state index is -3.58. The van der Waals surface area contributed by atoms with Crippen molar-refractivity contribution >= 4 is 21.4 Å². The molecule has 2 N–H and O–H groups in total. The van der Waals surface area contributed by atoms with Gasteiger partial charge in [-0.2, -0.15) is 4.72 Å². The summed E-state index contributed by atoms with van der Waals surface area (Å²) in [5.74, 6) is 0.567. The predicted molar refractivity (Wildman–Crippen MR) is 68.8 cm³/mol. The molecule has 0 fully saturated rings. The van der Waals surface area contributed by atoms with Crippen LogP contribution in [0.3, 0.4) is 0 Å². The molecule has 0 aliphatic rings. The van der Waals surface area contributed by atoms with Crippen molar-refractivity contribution in [3.63, 3.8) is 0 Å². The van der Waals surface area contributed by atoms with Gasteiger partial charge in [-0.05, 0) is 13.3 Å². The van der Waals surface area contributed by atoms with Gasteiger partial charge in [-0.3, -0.25) is 0 Å². The van der Waals surface area contributed by atoms with Crippen LogP contribution in [0.4, 0.5) is 0 Å². The summed E-state index contributed by atoms with van der Waals surface area (Å²) in [6, 6.07) is -0.307. The molecular weight excluding hydrogens is 272 g/mol. The standard InChI is InChI=1S/C10H14N4O2S2/c1-3-8(10-11-4-5-17-10)14-18(15,16)9-6-12-7(2)13-9/h4-6,8,14H,3H2,1-2H3,(H,12,13). The Kier molecular flexibility index (Phi) is 3.79. The second kappa shape index (κ2) is 5.17. The van der Waals surface area contributed by atoms with Gasteiger partial charge in [-0.15, -0.1) is 11.3 Å². The summed E-state index contributed by atoms with van der Waals surface area (Å²) >= 11 is 1.43. The molecule has 0 aromatic carbocycles. The summed E-state index contributed by atoms with van der Waals surface area (Å²) < 4.78 is 26.8. The Hall–Kier alpha value is -1.25. The Morgan fingerprint density at radius 3 is 2.78 bits per heavy atom. The average molecular weight is 286 g/mol. The number of aromatic nitrogens is 3. The maximum atomic E-state index is 12.1. The van der Waals surface area contributed by atoms with E-state index in [4.69, 9.17) is 0 Å². The molecule has 1 unspecified atom stereocenters. The average Bonchev–Trinajstić information content (AvgIpc) is 2.96. The van der Waals surface area contributed by atoms with Crippen LogP contribution in [-0.4, -0.2) is 23.4 Å². The van der Waals surface area contributed by atoms with Gasteiger partial charge in [0.25, 0.3) is 10.0 Å². The Morgan fingerprint density at radius 1 is 1.50 bits per heavy atom. The quantitative estimate of drug-likeness (QED) is 0.874. The second-order valence-electron chi connectivity index (χ2n) is 3.79. The smallest absolute Gasteiger partial charge is 0.258 e. The molecule has 0 amide bonds. The fraction of sp³-hybridized carbons (Fsp3) is 0.400. The highest BCUT2D eigenvalue weighted by molar-refractivity contribution is 7.89. The van der Waals surface area contributed by atoms with E-state index in [-0.39, 0.29) is 11.1 Å². The van der Waals surface area contributed by atoms with Gasteiger partial charge in [0, 0.05) is 11.6 Å². The second-order valence-corrected chi connectivity index (χ2v) is 6.39. The number of H-pyrrole nitrogens is 1. The monoisotopic (exact) mass is 286 g/mol. The number of nitrogens with zero attached hydrogens (tertiary/aromatic N) is 2. The minimum absolute atomic E-state index is 0.0787. The first kappa shape index (κ1) is 13.2. The van der Waals surface area contributed by atoms with Gasteiger partial charge < -0.3 is 4.98 Å². The predicted octanol–water partition coefficient (Wildman–Crippen LogP) is 1.60. The van der Waals surface area contributed by atoms with Gasteiger partial charge in [0.15, 0.2) is 5.03 Å². The van der Waals surface area contributed by atoms with E-state index >= 15 is 0 Å². The highest BCUT2D eigenvalue weighted by Crippen LogP contribution is 2.21. The lowest BCUT2D eigenvalue weighted by Crippen LogP contribution is -2.28. The number of hydrogen-bond donors (Lipinski definition) is 2. The Morgan fingerprint density at radius 2 is 2.28 bits per heavy atom. The first-order chi connectivity index (χ1) is 8.53. The van der Waals surface area contributed by atoms with Crippen LogP contribution in [0.25, 0.3) is 0 Å². The maximum Gasteiger partial charge on any atom is 0.258 e. The van der Waals surface area contributed by atoms with Crippen LogP contribution < -0.4 is 4.72 Å². The molecule has 0 bridgehead atoms. The Labute approximate surface area is 110 Å². The number of thiazole rings is 1. The van der Waals surface area contributed by atoms with E-state index in [2.05, 4.69) is 19.7 Å². The third-order valence-corrected chi connectivity index (χ3v) is 4.69. The van der Waals surface area contributed by atoms with Crippen LogP contribution in [0, 0.1) is 6.92 Å². The first-order valence-corrected chi connectivity index (χ1v) is 7.82. The molecule has 0 radical (unpaired) electrons. The zero-order chi connectivity index (χ0) is 13.2. The number of rotatable bonds is 5. The molecule has 2 rings (SSSR count). The molecule has 2 aromatic rings. The van der Waals surface area contributed by atoms with Crippen LogP contribution in [0.5, 0.6) is 0 Å². The van der Waals surface area contributed by atoms with Crippen molar-refractivity contribution in [3.8, 4) is 0 Å². The third kappa shape index (κ3) is 2.77. The zero-order valence-electron chi connectivity index (χ0n) is 10.0. The van der Waals surface area contributed by atoms with Gasteiger partial charge in [0.1, 0.15) is 10.8 Å². The fourth-order valence-electron chi connectivity index (χ4n) is 1.50. The molecule has 0 aliphatic carbocycles. The van der Waals surface area contributed by atoms with Crippen molar-refractivity contribution in [1.29, 1.82) is 0 Å². The highest BCUT2D eigenvalue weighted by atomic mass is 32.2. The van der Waals surface area contributed by atoms with Crippen molar-refractivity contribution in [2.45, 2.75) is 31.3 Å². The van der Waals surface area contributed by atoms with E-state index < -0.39 is 10.0 Å². The van der Waals surface area contributed by atoms with Crippen molar-refractivity contribution in [3.05, 3.63) is 28.6 Å². The summed E-state index contributed by atoms with van der Waals surface area (Å²) in [6.45, 7) is 3.62. The summed E-state index contributed by atoms with van der Waals surface area (Å²) in [6.07, 6.45) is 3.61. The lowest BCUT2D eigenvalue weighted by Gasteiger charge is -2.13. The van der Waals surface area contributed by atoms with Crippen molar-refractivity contribution in [2.75, 3.05) is 0 Å². The van der Waals surface area contributed by atoms with Gasteiger partial charge in [0.2, 0.25) is 0 Å². The molecule has 0 saturated heterocycles. The number of hydrogen-bond acceptors (Lipinski definition) is 5. The molecular formula is C10H14N4O2S2. The van der Waals surface area contributed by atoms with E-state index in [1.165, 1.54) is 17.5 Å². The van der Waals surface area contributed by atoms with E-state index in [1.807, 2.05) is 12.3 Å². The van der Waals surface area contributed by atoms with Crippen molar-refractivity contribution in [2.24, 2.45) is 0 Å². The zero-order valence-corrected chi connectivity index (χ0v) is 11.7.